The summed E-state index contributed by atoms with van der Waals surface area (Å²) in [6, 6.07) is 13.9. The van der Waals surface area contributed by atoms with Crippen molar-refractivity contribution in [3.8, 4) is 17.2 Å². The molecular formula is C22H23N3O3S. The first-order valence-electron chi connectivity index (χ1n) is 9.48. The highest BCUT2D eigenvalue weighted by molar-refractivity contribution is 7.99. The third-order valence-electron chi connectivity index (χ3n) is 4.52. The molecule has 29 heavy (non-hydrogen) atoms. The summed E-state index contributed by atoms with van der Waals surface area (Å²) in [5, 5.41) is 3.71. The third kappa shape index (κ3) is 4.74. The van der Waals surface area contributed by atoms with E-state index in [1.165, 1.54) is 22.9 Å². The van der Waals surface area contributed by atoms with Crippen LogP contribution in [-0.2, 0) is 4.79 Å². The van der Waals surface area contributed by atoms with Gasteiger partial charge in [0.25, 0.3) is 0 Å². The van der Waals surface area contributed by atoms with Gasteiger partial charge in [-0.1, -0.05) is 30.0 Å². The number of thioether (sulfide) groups is 1. The van der Waals surface area contributed by atoms with Crippen LogP contribution in [0, 0.1) is 13.8 Å². The van der Waals surface area contributed by atoms with Crippen molar-refractivity contribution in [2.75, 3.05) is 18.9 Å². The van der Waals surface area contributed by atoms with Crippen LogP contribution in [0.15, 0.2) is 60.0 Å². The molecule has 1 atom stereocenters. The first-order valence-corrected chi connectivity index (χ1v) is 10.5. The van der Waals surface area contributed by atoms with Crippen LogP contribution in [0.5, 0.6) is 11.5 Å². The van der Waals surface area contributed by atoms with Gasteiger partial charge in [-0.3, -0.25) is 9.36 Å². The summed E-state index contributed by atoms with van der Waals surface area (Å²) in [5.74, 6) is 1.67. The van der Waals surface area contributed by atoms with Crippen molar-refractivity contribution in [1.82, 2.24) is 14.9 Å². The van der Waals surface area contributed by atoms with E-state index in [-0.39, 0.29) is 17.8 Å². The highest BCUT2D eigenvalue weighted by Crippen LogP contribution is 2.30. The van der Waals surface area contributed by atoms with Gasteiger partial charge in [0.2, 0.25) is 5.91 Å². The van der Waals surface area contributed by atoms with E-state index in [0.717, 1.165) is 16.6 Å². The number of carbonyl (C=O) groups is 1. The maximum atomic E-state index is 12.3. The average molecular weight is 410 g/mol. The number of carbonyl (C=O) groups excluding carboxylic acids is 1. The molecule has 1 aliphatic heterocycles. The Morgan fingerprint density at radius 1 is 1.21 bits per heavy atom. The van der Waals surface area contributed by atoms with Crippen molar-refractivity contribution in [3.05, 3.63) is 66.0 Å². The van der Waals surface area contributed by atoms with Gasteiger partial charge in [-0.15, -0.1) is 0 Å². The van der Waals surface area contributed by atoms with Crippen molar-refractivity contribution < 1.29 is 14.3 Å². The maximum Gasteiger partial charge on any atom is 0.230 e. The molecule has 0 fully saturated rings. The maximum absolute atomic E-state index is 12.3. The van der Waals surface area contributed by atoms with E-state index >= 15 is 0 Å². The van der Waals surface area contributed by atoms with E-state index in [2.05, 4.69) is 42.3 Å². The average Bonchev–Trinajstić information content (AvgIpc) is 3.18. The molecule has 0 radical (unpaired) electrons. The van der Waals surface area contributed by atoms with Gasteiger partial charge in [0.05, 0.1) is 12.3 Å². The van der Waals surface area contributed by atoms with Crippen LogP contribution in [0.1, 0.15) is 11.1 Å². The van der Waals surface area contributed by atoms with Crippen molar-refractivity contribution >= 4 is 17.7 Å². The predicted molar refractivity (Wildman–Crippen MR) is 113 cm³/mol. The summed E-state index contributed by atoms with van der Waals surface area (Å²) >= 11 is 1.41. The Morgan fingerprint density at radius 2 is 1.97 bits per heavy atom. The highest BCUT2D eigenvalue weighted by Gasteiger charge is 2.21. The van der Waals surface area contributed by atoms with Crippen LogP contribution >= 0.6 is 11.8 Å². The summed E-state index contributed by atoms with van der Waals surface area (Å²) in [6.45, 7) is 4.97. The summed E-state index contributed by atoms with van der Waals surface area (Å²) < 4.78 is 13.6. The molecule has 150 valence electrons. The summed E-state index contributed by atoms with van der Waals surface area (Å²) in [5.41, 5.74) is 3.44. The molecule has 2 heterocycles. The number of hydrogen-bond donors (Lipinski definition) is 1. The Morgan fingerprint density at radius 3 is 2.76 bits per heavy atom. The SMILES string of the molecule is Cc1cc(C)cc(-n2ccnc2SCC(=O)NCC2COc3ccccc3O2)c1. The van der Waals surface area contributed by atoms with Crippen LogP contribution in [0.2, 0.25) is 0 Å². The fourth-order valence-electron chi connectivity index (χ4n) is 3.26. The molecule has 1 unspecified atom stereocenters. The van der Waals surface area contributed by atoms with Gasteiger partial charge in [0, 0.05) is 18.1 Å². The summed E-state index contributed by atoms with van der Waals surface area (Å²) in [6.07, 6.45) is 3.47. The first kappa shape index (κ1) is 19.4. The zero-order valence-electron chi connectivity index (χ0n) is 16.4. The Bertz CT molecular complexity index is 998. The Balaban J connectivity index is 1.30. The number of nitrogens with one attached hydrogen (secondary N) is 1. The monoisotopic (exact) mass is 409 g/mol. The number of fused-ring (bicyclic) bond motifs is 1. The van der Waals surface area contributed by atoms with Gasteiger partial charge < -0.3 is 14.8 Å². The minimum absolute atomic E-state index is 0.0626. The van der Waals surface area contributed by atoms with Gasteiger partial charge >= 0.3 is 0 Å². The number of aryl methyl sites for hydroxylation is 2. The van der Waals surface area contributed by atoms with Gasteiger partial charge in [-0.05, 0) is 49.2 Å². The number of rotatable bonds is 6. The molecule has 0 saturated heterocycles. The van der Waals surface area contributed by atoms with Crippen molar-refractivity contribution in [3.63, 3.8) is 0 Å². The normalized spacial score (nSPS) is 15.2. The standard InChI is InChI=1S/C22H23N3O3S/c1-15-9-16(2)11-17(10-15)25-8-7-23-22(25)29-14-21(26)24-12-18-13-27-19-5-3-4-6-20(19)28-18/h3-11,18H,12-14H2,1-2H3,(H,24,26). The number of hydrogen-bond acceptors (Lipinski definition) is 5. The lowest BCUT2D eigenvalue weighted by Gasteiger charge is -2.26. The Kier molecular flexibility index (Phi) is 5.76. The van der Waals surface area contributed by atoms with Crippen LogP contribution in [0.4, 0.5) is 0 Å². The topological polar surface area (TPSA) is 65.4 Å². The number of aromatic nitrogens is 2. The third-order valence-corrected chi connectivity index (χ3v) is 5.49. The quantitative estimate of drug-likeness (QED) is 0.631. The lowest BCUT2D eigenvalue weighted by Crippen LogP contribution is -2.41. The smallest absolute Gasteiger partial charge is 0.230 e. The second-order valence-corrected chi connectivity index (χ2v) is 7.96. The lowest BCUT2D eigenvalue weighted by molar-refractivity contribution is -0.119. The number of imidazole rings is 1. The summed E-state index contributed by atoms with van der Waals surface area (Å²) in [7, 11) is 0. The molecule has 7 heteroatoms. The molecular weight excluding hydrogens is 386 g/mol. The molecule has 0 saturated carbocycles. The van der Waals surface area contributed by atoms with E-state index in [0.29, 0.717) is 18.9 Å². The predicted octanol–water partition coefficient (Wildman–Crippen LogP) is 3.54. The van der Waals surface area contributed by atoms with Gasteiger partial charge in [-0.25, -0.2) is 4.98 Å². The largest absolute Gasteiger partial charge is 0.486 e. The van der Waals surface area contributed by atoms with Crippen molar-refractivity contribution in [2.24, 2.45) is 0 Å². The number of nitrogens with zero attached hydrogens (tertiary/aromatic N) is 2. The summed E-state index contributed by atoms with van der Waals surface area (Å²) in [4.78, 5) is 16.7. The Labute approximate surface area is 174 Å². The first-order chi connectivity index (χ1) is 14.1. The Hall–Kier alpha value is -2.93. The second kappa shape index (κ2) is 8.61. The molecule has 0 spiro atoms. The molecule has 4 rings (SSSR count). The molecule has 1 aliphatic rings. The molecule has 2 aromatic carbocycles. The second-order valence-electron chi connectivity index (χ2n) is 7.02. The fourth-order valence-corrected chi connectivity index (χ4v) is 4.06. The molecule has 3 aromatic rings. The molecule has 0 aliphatic carbocycles. The van der Waals surface area contributed by atoms with Crippen LogP contribution in [0.3, 0.4) is 0 Å². The van der Waals surface area contributed by atoms with E-state index in [4.69, 9.17) is 9.47 Å². The van der Waals surface area contributed by atoms with Crippen molar-refractivity contribution in [1.29, 1.82) is 0 Å². The molecule has 1 N–H and O–H groups in total. The van der Waals surface area contributed by atoms with Crippen LogP contribution in [0.25, 0.3) is 5.69 Å². The van der Waals surface area contributed by atoms with E-state index in [1.54, 1.807) is 6.20 Å². The van der Waals surface area contributed by atoms with Crippen LogP contribution in [-0.4, -0.2) is 40.5 Å². The number of amides is 1. The molecule has 1 amide bonds. The van der Waals surface area contributed by atoms with Crippen LogP contribution < -0.4 is 14.8 Å². The lowest BCUT2D eigenvalue weighted by atomic mass is 10.1. The minimum atomic E-state index is -0.198. The molecule has 6 nitrogen and oxygen atoms in total. The van der Waals surface area contributed by atoms with Gasteiger partial charge in [-0.2, -0.15) is 0 Å². The fraction of sp³-hybridized carbons (Fsp3) is 0.273. The number of para-hydroxylation sites is 2. The highest BCUT2D eigenvalue weighted by atomic mass is 32.2. The number of benzene rings is 2. The minimum Gasteiger partial charge on any atom is -0.486 e. The zero-order chi connectivity index (χ0) is 20.2. The molecule has 1 aromatic heterocycles. The van der Waals surface area contributed by atoms with E-state index < -0.39 is 0 Å². The van der Waals surface area contributed by atoms with E-state index in [9.17, 15) is 4.79 Å². The van der Waals surface area contributed by atoms with Gasteiger partial charge in [0.1, 0.15) is 12.7 Å². The molecule has 0 bridgehead atoms. The number of ether oxygens (including phenoxy) is 2. The van der Waals surface area contributed by atoms with E-state index in [1.807, 2.05) is 35.0 Å². The zero-order valence-corrected chi connectivity index (χ0v) is 17.2. The van der Waals surface area contributed by atoms with Crippen molar-refractivity contribution in [2.45, 2.75) is 25.1 Å². The van der Waals surface area contributed by atoms with Gasteiger partial charge in [0.15, 0.2) is 16.7 Å².